The van der Waals surface area contributed by atoms with Crippen molar-refractivity contribution in [3.8, 4) is 17.2 Å². The number of carbonyl (C=O) groups excluding carboxylic acids is 3. The number of aliphatic hydroxyl groups is 1. The largest absolute Gasteiger partial charge is 0.507 e. The molecule has 0 radical (unpaired) electrons. The van der Waals surface area contributed by atoms with E-state index in [1.807, 2.05) is 13.8 Å². The molecule has 0 spiro atoms. The number of anilines is 1. The van der Waals surface area contributed by atoms with Gasteiger partial charge in [0, 0.05) is 18.9 Å². The first kappa shape index (κ1) is 29.3. The van der Waals surface area contributed by atoms with Gasteiger partial charge in [0.25, 0.3) is 5.78 Å². The number of rotatable bonds is 10. The summed E-state index contributed by atoms with van der Waals surface area (Å²) >= 11 is 1.04. The minimum atomic E-state index is -1.03. The van der Waals surface area contributed by atoms with Crippen molar-refractivity contribution in [2.75, 3.05) is 18.1 Å². The van der Waals surface area contributed by atoms with E-state index in [1.54, 1.807) is 43.3 Å². The molecule has 10 heteroatoms. The molecular formula is C32H34N2O7S. The van der Waals surface area contributed by atoms with Crippen molar-refractivity contribution >= 4 is 39.7 Å². The zero-order chi connectivity index (χ0) is 30.1. The highest BCUT2D eigenvalue weighted by Crippen LogP contribution is 2.46. The normalized spacial score (nSPS) is 19.1. The summed E-state index contributed by atoms with van der Waals surface area (Å²) in [6, 6.07) is 9.43. The second kappa shape index (κ2) is 12.0. The van der Waals surface area contributed by atoms with E-state index in [0.29, 0.717) is 52.8 Å². The van der Waals surface area contributed by atoms with Crippen molar-refractivity contribution in [2.45, 2.75) is 66.0 Å². The van der Waals surface area contributed by atoms with Crippen molar-refractivity contribution in [2.24, 2.45) is 0 Å². The molecule has 1 saturated heterocycles. The molecule has 5 rings (SSSR count). The monoisotopic (exact) mass is 590 g/mol. The molecule has 2 atom stereocenters. The van der Waals surface area contributed by atoms with Gasteiger partial charge in [0.05, 0.1) is 35.4 Å². The number of unbranched alkanes of at least 4 members (excludes halogenated alkanes) is 1. The van der Waals surface area contributed by atoms with Crippen LogP contribution in [0, 0.1) is 6.92 Å². The predicted octanol–water partition coefficient (Wildman–Crippen LogP) is 6.18. The number of hydrogen-bond acceptors (Lipinski definition) is 9. The van der Waals surface area contributed by atoms with Crippen LogP contribution in [-0.4, -0.2) is 46.9 Å². The van der Waals surface area contributed by atoms with Gasteiger partial charge in [-0.05, 0) is 68.7 Å². The standard InChI is InChI=1S/C32H34N2O7S/c1-6-8-13-40-24-12-9-20(16-25(24)39-7-2)27-26(28(36)21-10-11-23-22(15-21)14-17(3)41-23)29(37)31(38)34(27)32-33-18(4)30(42-32)19(5)35/h9-12,15-17,27,36H,6-8,13-14H2,1-5H3/b28-26+. The zero-order valence-corrected chi connectivity index (χ0v) is 25.2. The summed E-state index contributed by atoms with van der Waals surface area (Å²) < 4.78 is 17.6. The van der Waals surface area contributed by atoms with Crippen LogP contribution < -0.4 is 19.1 Å². The van der Waals surface area contributed by atoms with Gasteiger partial charge in [0.2, 0.25) is 0 Å². The predicted molar refractivity (Wildman–Crippen MR) is 160 cm³/mol. The summed E-state index contributed by atoms with van der Waals surface area (Å²) in [6.45, 7) is 9.89. The summed E-state index contributed by atoms with van der Waals surface area (Å²) in [5.74, 6) is -0.449. The number of benzene rings is 2. The molecule has 1 amide bonds. The number of amides is 1. The molecule has 42 heavy (non-hydrogen) atoms. The maximum absolute atomic E-state index is 13.7. The Balaban J connectivity index is 1.68. The van der Waals surface area contributed by atoms with E-state index >= 15 is 0 Å². The third-order valence-electron chi connectivity index (χ3n) is 7.26. The molecule has 2 aliphatic rings. The fraction of sp³-hybridized carbons (Fsp3) is 0.375. The number of Topliss-reactive ketones (excluding diaryl/α,β-unsaturated/α-hetero) is 2. The van der Waals surface area contributed by atoms with Gasteiger partial charge in [-0.2, -0.15) is 0 Å². The Labute approximate surface area is 248 Å². The Kier molecular flexibility index (Phi) is 8.36. The first-order chi connectivity index (χ1) is 20.1. The van der Waals surface area contributed by atoms with Gasteiger partial charge in [0.15, 0.2) is 22.4 Å². The Hall–Kier alpha value is -4.18. The number of aliphatic hydroxyl groups excluding tert-OH is 1. The molecule has 0 aliphatic carbocycles. The van der Waals surface area contributed by atoms with E-state index in [0.717, 1.165) is 35.5 Å². The summed E-state index contributed by atoms with van der Waals surface area (Å²) in [4.78, 5) is 45.7. The molecule has 220 valence electrons. The summed E-state index contributed by atoms with van der Waals surface area (Å²) in [7, 11) is 0. The Morgan fingerprint density at radius 2 is 1.93 bits per heavy atom. The van der Waals surface area contributed by atoms with Gasteiger partial charge in [-0.15, -0.1) is 0 Å². The van der Waals surface area contributed by atoms with Crippen LogP contribution in [0.1, 0.15) is 78.6 Å². The number of ketones is 2. The molecule has 3 heterocycles. The average molecular weight is 591 g/mol. The fourth-order valence-corrected chi connectivity index (χ4v) is 6.28. The molecular weight excluding hydrogens is 556 g/mol. The van der Waals surface area contributed by atoms with Crippen molar-refractivity contribution < 1.29 is 33.7 Å². The molecule has 2 unspecified atom stereocenters. The lowest BCUT2D eigenvalue weighted by atomic mass is 9.94. The number of aryl methyl sites for hydroxylation is 1. The maximum atomic E-state index is 13.7. The zero-order valence-electron chi connectivity index (χ0n) is 24.4. The Bertz CT molecular complexity index is 1590. The Morgan fingerprint density at radius 1 is 1.14 bits per heavy atom. The molecule has 0 bridgehead atoms. The van der Waals surface area contributed by atoms with Gasteiger partial charge in [0.1, 0.15) is 17.6 Å². The lowest BCUT2D eigenvalue weighted by molar-refractivity contribution is -0.132. The molecule has 1 aromatic heterocycles. The van der Waals surface area contributed by atoms with Crippen LogP contribution in [0.2, 0.25) is 0 Å². The van der Waals surface area contributed by atoms with E-state index in [2.05, 4.69) is 11.9 Å². The molecule has 9 nitrogen and oxygen atoms in total. The second-order valence-corrected chi connectivity index (χ2v) is 11.4. The smallest absolute Gasteiger partial charge is 0.301 e. The lowest BCUT2D eigenvalue weighted by Gasteiger charge is -2.24. The van der Waals surface area contributed by atoms with Crippen LogP contribution in [0.15, 0.2) is 42.0 Å². The van der Waals surface area contributed by atoms with Crippen molar-refractivity contribution in [3.05, 3.63) is 69.2 Å². The minimum absolute atomic E-state index is 0.00152. The van der Waals surface area contributed by atoms with Crippen molar-refractivity contribution in [3.63, 3.8) is 0 Å². The van der Waals surface area contributed by atoms with E-state index in [4.69, 9.17) is 14.2 Å². The van der Waals surface area contributed by atoms with Crippen LogP contribution in [0.3, 0.4) is 0 Å². The molecule has 2 aromatic carbocycles. The topological polar surface area (TPSA) is 115 Å². The van der Waals surface area contributed by atoms with Crippen LogP contribution in [-0.2, 0) is 16.0 Å². The van der Waals surface area contributed by atoms with Crippen LogP contribution in [0.5, 0.6) is 17.2 Å². The highest BCUT2D eigenvalue weighted by Gasteiger charge is 2.48. The Morgan fingerprint density at radius 3 is 2.62 bits per heavy atom. The summed E-state index contributed by atoms with van der Waals surface area (Å²) in [6.07, 6.45) is 2.51. The first-order valence-corrected chi connectivity index (χ1v) is 14.9. The average Bonchev–Trinajstić information content (AvgIpc) is 3.61. The third kappa shape index (κ3) is 5.38. The van der Waals surface area contributed by atoms with E-state index in [-0.39, 0.29) is 28.4 Å². The van der Waals surface area contributed by atoms with Crippen LogP contribution in [0.25, 0.3) is 5.76 Å². The maximum Gasteiger partial charge on any atom is 0.301 e. The number of nitrogens with zero attached hydrogens (tertiary/aromatic N) is 2. The summed E-state index contributed by atoms with van der Waals surface area (Å²) in [5, 5.41) is 11.8. The van der Waals surface area contributed by atoms with Gasteiger partial charge in [-0.3, -0.25) is 19.3 Å². The molecule has 0 saturated carbocycles. The van der Waals surface area contributed by atoms with Crippen molar-refractivity contribution in [1.82, 2.24) is 4.98 Å². The summed E-state index contributed by atoms with van der Waals surface area (Å²) in [5.41, 5.74) is 2.22. The molecule has 2 aliphatic heterocycles. The van der Waals surface area contributed by atoms with Crippen molar-refractivity contribution in [1.29, 1.82) is 0 Å². The van der Waals surface area contributed by atoms with Crippen LogP contribution in [0.4, 0.5) is 5.13 Å². The van der Waals surface area contributed by atoms with Gasteiger partial charge < -0.3 is 19.3 Å². The van der Waals surface area contributed by atoms with Crippen LogP contribution >= 0.6 is 11.3 Å². The second-order valence-electron chi connectivity index (χ2n) is 10.4. The first-order valence-electron chi connectivity index (χ1n) is 14.1. The lowest BCUT2D eigenvalue weighted by Crippen LogP contribution is -2.29. The van der Waals surface area contributed by atoms with E-state index < -0.39 is 17.7 Å². The SMILES string of the molecule is CCCCOc1ccc(C2/C(=C(\O)c3ccc4c(c3)CC(C)O4)C(=O)C(=O)N2c2nc(C)c(C(C)=O)s2)cc1OCC. The van der Waals surface area contributed by atoms with Gasteiger partial charge in [-0.1, -0.05) is 30.7 Å². The highest BCUT2D eigenvalue weighted by molar-refractivity contribution is 7.18. The number of thiazole rings is 1. The number of ether oxygens (including phenoxy) is 3. The van der Waals surface area contributed by atoms with Gasteiger partial charge >= 0.3 is 5.91 Å². The highest BCUT2D eigenvalue weighted by atomic mass is 32.1. The number of carbonyl (C=O) groups is 3. The van der Waals surface area contributed by atoms with Gasteiger partial charge in [-0.25, -0.2) is 4.98 Å². The minimum Gasteiger partial charge on any atom is -0.507 e. The number of hydrogen-bond donors (Lipinski definition) is 1. The quantitative estimate of drug-likeness (QED) is 0.0979. The van der Waals surface area contributed by atoms with E-state index in [9.17, 15) is 19.5 Å². The number of fused-ring (bicyclic) bond motifs is 1. The van der Waals surface area contributed by atoms with E-state index in [1.165, 1.54) is 11.8 Å². The number of aromatic nitrogens is 1. The molecule has 1 N–H and O–H groups in total. The third-order valence-corrected chi connectivity index (χ3v) is 8.52. The fourth-order valence-electron chi connectivity index (χ4n) is 5.29. The molecule has 3 aromatic rings. The molecule has 1 fully saturated rings.